The van der Waals surface area contributed by atoms with Crippen LogP contribution in [0, 0.1) is 5.82 Å². The van der Waals surface area contributed by atoms with E-state index in [1.54, 1.807) is 12.1 Å². The number of rotatable bonds is 3. The number of amides is 1. The van der Waals surface area contributed by atoms with Crippen molar-refractivity contribution in [2.45, 2.75) is 11.5 Å². The van der Waals surface area contributed by atoms with Gasteiger partial charge in [0.2, 0.25) is 5.91 Å². The summed E-state index contributed by atoms with van der Waals surface area (Å²) >= 11 is 1.48. The second kappa shape index (κ2) is 5.54. The first-order valence-electron chi connectivity index (χ1n) is 6.15. The van der Waals surface area contributed by atoms with Crippen LogP contribution in [-0.2, 0) is 11.4 Å². The zero-order valence-electron chi connectivity index (χ0n) is 10.6. The van der Waals surface area contributed by atoms with Crippen LogP contribution in [-0.4, -0.2) is 11.7 Å². The Balaban J connectivity index is 1.71. The summed E-state index contributed by atoms with van der Waals surface area (Å²) in [6.07, 6.45) is 0. The minimum absolute atomic E-state index is 0.0101. The van der Waals surface area contributed by atoms with Gasteiger partial charge < -0.3 is 10.1 Å². The van der Waals surface area contributed by atoms with Crippen molar-refractivity contribution in [3.05, 3.63) is 53.8 Å². The third kappa shape index (κ3) is 2.93. The summed E-state index contributed by atoms with van der Waals surface area (Å²) < 4.78 is 18.7. The van der Waals surface area contributed by atoms with Gasteiger partial charge in [0.05, 0.1) is 11.4 Å². The highest BCUT2D eigenvalue weighted by atomic mass is 32.2. The molecule has 0 unspecified atom stereocenters. The molecule has 1 aliphatic rings. The van der Waals surface area contributed by atoms with Gasteiger partial charge in [-0.2, -0.15) is 0 Å². The molecule has 3 rings (SSSR count). The lowest BCUT2D eigenvalue weighted by Gasteiger charge is -2.17. The summed E-state index contributed by atoms with van der Waals surface area (Å²) in [4.78, 5) is 12.2. The first-order chi connectivity index (χ1) is 9.70. The van der Waals surface area contributed by atoms with E-state index in [1.165, 1.54) is 23.9 Å². The molecule has 0 aromatic heterocycles. The standard InChI is InChI=1S/C15H12FNO2S/c16-11-3-1-2-10(6-11)8-19-12-4-5-13-14(7-12)20-9-15(18)17-13/h1-7H,8-9H2,(H,17,18). The zero-order chi connectivity index (χ0) is 13.9. The molecule has 1 aliphatic heterocycles. The highest BCUT2D eigenvalue weighted by Crippen LogP contribution is 2.34. The number of halogens is 1. The van der Waals surface area contributed by atoms with Gasteiger partial charge in [-0.15, -0.1) is 11.8 Å². The van der Waals surface area contributed by atoms with E-state index in [-0.39, 0.29) is 11.7 Å². The van der Waals surface area contributed by atoms with Crippen LogP contribution < -0.4 is 10.1 Å². The van der Waals surface area contributed by atoms with Crippen molar-refractivity contribution in [3.8, 4) is 5.75 Å². The Morgan fingerprint density at radius 2 is 2.15 bits per heavy atom. The van der Waals surface area contributed by atoms with Crippen molar-refractivity contribution in [2.75, 3.05) is 11.1 Å². The van der Waals surface area contributed by atoms with Crippen molar-refractivity contribution in [2.24, 2.45) is 0 Å². The number of carbonyl (C=O) groups is 1. The molecule has 2 aromatic rings. The average molecular weight is 289 g/mol. The average Bonchev–Trinajstić information content (AvgIpc) is 2.45. The SMILES string of the molecule is O=C1CSc2cc(OCc3cccc(F)c3)ccc2N1. The third-order valence-corrected chi connectivity index (χ3v) is 3.94. The molecule has 3 nitrogen and oxygen atoms in total. The Hall–Kier alpha value is -2.01. The molecule has 0 radical (unpaired) electrons. The lowest BCUT2D eigenvalue weighted by molar-refractivity contribution is -0.113. The van der Waals surface area contributed by atoms with Crippen LogP contribution in [0.5, 0.6) is 5.75 Å². The highest BCUT2D eigenvalue weighted by Gasteiger charge is 2.15. The molecule has 0 bridgehead atoms. The second-order valence-electron chi connectivity index (χ2n) is 4.41. The van der Waals surface area contributed by atoms with E-state index in [2.05, 4.69) is 5.32 Å². The van der Waals surface area contributed by atoms with Crippen molar-refractivity contribution in [3.63, 3.8) is 0 Å². The molecule has 0 fully saturated rings. The molecular formula is C15H12FNO2S. The smallest absolute Gasteiger partial charge is 0.234 e. The Kier molecular flexibility index (Phi) is 3.60. The van der Waals surface area contributed by atoms with E-state index in [0.717, 1.165) is 16.1 Å². The van der Waals surface area contributed by atoms with E-state index in [9.17, 15) is 9.18 Å². The molecule has 2 aromatic carbocycles. The van der Waals surface area contributed by atoms with Gasteiger partial charge in [0.25, 0.3) is 0 Å². The predicted octanol–water partition coefficient (Wildman–Crippen LogP) is 3.45. The maximum atomic E-state index is 13.1. The minimum atomic E-state index is -0.269. The Morgan fingerprint density at radius 1 is 1.25 bits per heavy atom. The van der Waals surface area contributed by atoms with Crippen LogP contribution >= 0.6 is 11.8 Å². The number of nitrogens with one attached hydrogen (secondary N) is 1. The van der Waals surface area contributed by atoms with Crippen molar-refractivity contribution < 1.29 is 13.9 Å². The van der Waals surface area contributed by atoms with Gasteiger partial charge in [0.15, 0.2) is 0 Å². The molecule has 102 valence electrons. The highest BCUT2D eigenvalue weighted by molar-refractivity contribution is 8.00. The molecule has 20 heavy (non-hydrogen) atoms. The van der Waals surface area contributed by atoms with Gasteiger partial charge in [-0.1, -0.05) is 12.1 Å². The Labute approximate surface area is 120 Å². The van der Waals surface area contributed by atoms with E-state index in [1.807, 2.05) is 18.2 Å². The van der Waals surface area contributed by atoms with Gasteiger partial charge in [-0.05, 0) is 35.9 Å². The third-order valence-electron chi connectivity index (χ3n) is 2.88. The first kappa shape index (κ1) is 13.0. The Bertz CT molecular complexity index is 660. The summed E-state index contributed by atoms with van der Waals surface area (Å²) in [5, 5.41) is 2.80. The van der Waals surface area contributed by atoms with Gasteiger partial charge in [0, 0.05) is 4.90 Å². The van der Waals surface area contributed by atoms with Gasteiger partial charge in [0.1, 0.15) is 18.2 Å². The van der Waals surface area contributed by atoms with Gasteiger partial charge in [-0.3, -0.25) is 4.79 Å². The number of hydrogen-bond acceptors (Lipinski definition) is 3. The zero-order valence-corrected chi connectivity index (χ0v) is 11.4. The molecule has 0 saturated carbocycles. The molecule has 1 N–H and O–H groups in total. The molecule has 0 aliphatic carbocycles. The Morgan fingerprint density at radius 3 is 3.00 bits per heavy atom. The predicted molar refractivity (Wildman–Crippen MR) is 76.5 cm³/mol. The van der Waals surface area contributed by atoms with Gasteiger partial charge in [-0.25, -0.2) is 4.39 Å². The fourth-order valence-electron chi connectivity index (χ4n) is 1.94. The maximum Gasteiger partial charge on any atom is 0.234 e. The second-order valence-corrected chi connectivity index (χ2v) is 5.43. The lowest BCUT2D eigenvalue weighted by Crippen LogP contribution is -2.18. The molecule has 1 heterocycles. The molecule has 0 spiro atoms. The van der Waals surface area contributed by atoms with Crippen LogP contribution in [0.15, 0.2) is 47.4 Å². The minimum Gasteiger partial charge on any atom is -0.489 e. The lowest BCUT2D eigenvalue weighted by atomic mass is 10.2. The van der Waals surface area contributed by atoms with Crippen molar-refractivity contribution in [1.29, 1.82) is 0 Å². The van der Waals surface area contributed by atoms with Gasteiger partial charge >= 0.3 is 0 Å². The number of ether oxygens (including phenoxy) is 1. The largest absolute Gasteiger partial charge is 0.489 e. The number of thioether (sulfide) groups is 1. The number of hydrogen-bond donors (Lipinski definition) is 1. The number of benzene rings is 2. The maximum absolute atomic E-state index is 13.1. The van der Waals surface area contributed by atoms with E-state index in [4.69, 9.17) is 4.74 Å². The monoisotopic (exact) mass is 289 g/mol. The molecule has 0 saturated heterocycles. The van der Waals surface area contributed by atoms with Crippen LogP contribution in [0.1, 0.15) is 5.56 Å². The van der Waals surface area contributed by atoms with Crippen LogP contribution in [0.4, 0.5) is 10.1 Å². The topological polar surface area (TPSA) is 38.3 Å². The van der Waals surface area contributed by atoms with Crippen LogP contribution in [0.2, 0.25) is 0 Å². The van der Waals surface area contributed by atoms with Crippen LogP contribution in [0.25, 0.3) is 0 Å². The van der Waals surface area contributed by atoms with Crippen molar-refractivity contribution in [1.82, 2.24) is 0 Å². The number of carbonyl (C=O) groups excluding carboxylic acids is 1. The molecule has 0 atom stereocenters. The fraction of sp³-hybridized carbons (Fsp3) is 0.133. The quantitative estimate of drug-likeness (QED) is 0.940. The molecule has 5 heteroatoms. The normalized spacial score (nSPS) is 13.6. The summed E-state index contributed by atoms with van der Waals surface area (Å²) in [7, 11) is 0. The molecule has 1 amide bonds. The fourth-order valence-corrected chi connectivity index (χ4v) is 2.77. The van der Waals surface area contributed by atoms with E-state index in [0.29, 0.717) is 18.1 Å². The summed E-state index contributed by atoms with van der Waals surface area (Å²) in [6, 6.07) is 11.8. The summed E-state index contributed by atoms with van der Waals surface area (Å²) in [6.45, 7) is 0.313. The number of anilines is 1. The molecular weight excluding hydrogens is 277 g/mol. The van der Waals surface area contributed by atoms with Crippen LogP contribution in [0.3, 0.4) is 0 Å². The summed E-state index contributed by atoms with van der Waals surface area (Å²) in [5.74, 6) is 0.864. The number of fused-ring (bicyclic) bond motifs is 1. The van der Waals surface area contributed by atoms with Crippen molar-refractivity contribution >= 4 is 23.4 Å². The van der Waals surface area contributed by atoms with E-state index < -0.39 is 0 Å². The van der Waals surface area contributed by atoms with E-state index >= 15 is 0 Å². The summed E-state index contributed by atoms with van der Waals surface area (Å²) in [5.41, 5.74) is 1.59. The first-order valence-corrected chi connectivity index (χ1v) is 7.13.